The van der Waals surface area contributed by atoms with Crippen LogP contribution in [0, 0.1) is 0 Å². The molecule has 8 heteroatoms. The number of carbonyl (C=O) groups is 3. The van der Waals surface area contributed by atoms with Crippen molar-refractivity contribution in [3.8, 4) is 11.1 Å². The topological polar surface area (TPSA) is 97.3 Å². The predicted octanol–water partition coefficient (Wildman–Crippen LogP) is 6.93. The second kappa shape index (κ2) is 14.5. The highest BCUT2D eigenvalue weighted by molar-refractivity contribution is 6.08. The molecule has 1 N–H and O–H groups in total. The average molecular weight is 638 g/mol. The van der Waals surface area contributed by atoms with Gasteiger partial charge in [0.05, 0.1) is 42.9 Å². The minimum Gasteiger partial charge on any atom is -0.466 e. The highest BCUT2D eigenvalue weighted by Gasteiger charge is 2.68. The molecule has 2 atom stereocenters. The molecule has 8 nitrogen and oxygen atoms in total. The zero-order valence-corrected chi connectivity index (χ0v) is 28.2. The first-order valence-corrected chi connectivity index (χ1v) is 16.8. The smallest absolute Gasteiger partial charge is 0.356 e. The van der Waals surface area contributed by atoms with Gasteiger partial charge in [-0.3, -0.25) is 4.79 Å². The lowest BCUT2D eigenvalue weighted by Crippen LogP contribution is -2.55. The molecule has 0 saturated heterocycles. The van der Waals surface area contributed by atoms with Crippen LogP contribution < -0.4 is 5.32 Å². The monoisotopic (exact) mass is 637 g/mol. The van der Waals surface area contributed by atoms with E-state index in [2.05, 4.69) is 11.9 Å². The standard InChI is InChI=1S/C39H47N3O5/c1-6-7-8-9-10-11-12-13-14-17-24-40-33(43)26-28-20-21-30-29-18-15-16-19-31(29)39(32(30)25-28)34(36(44)46-4)35(37(45)47-5)42-38(39,3)23-22-27(2)41-42/h6,15-16,18-23,25H,1,7-14,17,24,26H2,2-5H3,(H,40,43). The van der Waals surface area contributed by atoms with Crippen LogP contribution in [0.25, 0.3) is 11.1 Å². The summed E-state index contributed by atoms with van der Waals surface area (Å²) in [5.74, 6) is -1.36. The molecule has 1 aliphatic carbocycles. The number of esters is 2. The molecular formula is C39H47N3O5. The number of hydrogen-bond donors (Lipinski definition) is 1. The Bertz CT molecular complexity index is 1640. The summed E-state index contributed by atoms with van der Waals surface area (Å²) in [6.45, 7) is 8.24. The lowest BCUT2D eigenvalue weighted by molar-refractivity contribution is -0.140. The normalized spacial score (nSPS) is 20.4. The maximum atomic E-state index is 13.9. The summed E-state index contributed by atoms with van der Waals surface area (Å²) in [5.41, 5.74) is 3.09. The van der Waals surface area contributed by atoms with Gasteiger partial charge in [0.25, 0.3) is 0 Å². The van der Waals surface area contributed by atoms with Gasteiger partial charge in [-0.2, -0.15) is 5.10 Å². The Morgan fingerprint density at radius 1 is 0.894 bits per heavy atom. The zero-order valence-electron chi connectivity index (χ0n) is 28.2. The maximum absolute atomic E-state index is 13.9. The fourth-order valence-electron chi connectivity index (χ4n) is 7.59. The number of carbonyl (C=O) groups excluding carboxylic acids is 3. The SMILES string of the molecule is C=CCCCCCCCCCCNC(=O)Cc1ccc2c(c1)C1(C(C(=O)OC)=C(C(=O)OC)N3N=C(C)C=CC31C)c1ccccc1-2. The van der Waals surface area contributed by atoms with Crippen molar-refractivity contribution in [1.82, 2.24) is 10.3 Å². The van der Waals surface area contributed by atoms with E-state index in [-0.39, 0.29) is 23.6 Å². The van der Waals surface area contributed by atoms with E-state index >= 15 is 0 Å². The van der Waals surface area contributed by atoms with Gasteiger partial charge in [-0.1, -0.05) is 93.1 Å². The molecule has 2 aromatic carbocycles. The largest absolute Gasteiger partial charge is 0.466 e. The molecule has 0 radical (unpaired) electrons. The number of unbranched alkanes of at least 4 members (excludes halogenated alkanes) is 8. The number of methoxy groups -OCH3 is 2. The van der Waals surface area contributed by atoms with Crippen LogP contribution in [0.5, 0.6) is 0 Å². The van der Waals surface area contributed by atoms with Gasteiger partial charge in [-0.25, -0.2) is 14.6 Å². The van der Waals surface area contributed by atoms with Crippen LogP contribution in [-0.4, -0.2) is 54.9 Å². The number of hydrazone groups is 1. The second-order valence-corrected chi connectivity index (χ2v) is 12.8. The number of benzene rings is 2. The Kier molecular flexibility index (Phi) is 10.5. The molecule has 3 aliphatic rings. The van der Waals surface area contributed by atoms with E-state index in [4.69, 9.17) is 14.6 Å². The van der Waals surface area contributed by atoms with Crippen molar-refractivity contribution >= 4 is 23.6 Å². The van der Waals surface area contributed by atoms with Gasteiger partial charge in [-0.05, 0) is 67.0 Å². The van der Waals surface area contributed by atoms with Gasteiger partial charge >= 0.3 is 11.9 Å². The van der Waals surface area contributed by atoms with Crippen LogP contribution in [0.4, 0.5) is 0 Å². The lowest BCUT2D eigenvalue weighted by Gasteiger charge is -2.46. The first-order valence-electron chi connectivity index (χ1n) is 16.8. The van der Waals surface area contributed by atoms with Gasteiger partial charge < -0.3 is 14.8 Å². The molecule has 2 heterocycles. The Hall–Kier alpha value is -4.46. The summed E-state index contributed by atoms with van der Waals surface area (Å²) in [4.78, 5) is 40.5. The van der Waals surface area contributed by atoms with Crippen molar-refractivity contribution in [3.05, 3.63) is 95.2 Å². The maximum Gasteiger partial charge on any atom is 0.356 e. The first kappa shape index (κ1) is 33.9. The number of hydrogen-bond acceptors (Lipinski definition) is 7. The third-order valence-electron chi connectivity index (χ3n) is 9.83. The number of ether oxygens (including phenoxy) is 2. The van der Waals surface area contributed by atoms with E-state index in [1.54, 1.807) is 5.01 Å². The number of fused-ring (bicyclic) bond motifs is 7. The Morgan fingerprint density at radius 2 is 1.55 bits per heavy atom. The molecule has 0 aromatic heterocycles. The average Bonchev–Trinajstić information content (AvgIpc) is 3.50. The second-order valence-electron chi connectivity index (χ2n) is 12.8. The van der Waals surface area contributed by atoms with Gasteiger partial charge in [0.15, 0.2) is 5.70 Å². The fraction of sp³-hybridized carbons (Fsp3) is 0.436. The molecule has 1 amide bonds. The summed E-state index contributed by atoms with van der Waals surface area (Å²) in [5, 5.41) is 9.49. The summed E-state index contributed by atoms with van der Waals surface area (Å²) >= 11 is 0. The third kappa shape index (κ3) is 6.06. The molecule has 2 aromatic rings. The highest BCUT2D eigenvalue weighted by atomic mass is 16.5. The van der Waals surface area contributed by atoms with E-state index in [1.165, 1.54) is 52.7 Å². The van der Waals surface area contributed by atoms with Crippen LogP contribution in [0.2, 0.25) is 0 Å². The molecule has 1 spiro atoms. The molecule has 2 aliphatic heterocycles. The Labute approximate surface area is 278 Å². The van der Waals surface area contributed by atoms with Crippen molar-refractivity contribution in [2.24, 2.45) is 5.10 Å². The summed E-state index contributed by atoms with van der Waals surface area (Å²) < 4.78 is 10.6. The van der Waals surface area contributed by atoms with Gasteiger partial charge in [0.1, 0.15) is 0 Å². The summed E-state index contributed by atoms with van der Waals surface area (Å²) in [6.07, 6.45) is 16.7. The van der Waals surface area contributed by atoms with Crippen molar-refractivity contribution in [2.75, 3.05) is 20.8 Å². The number of rotatable bonds is 15. The van der Waals surface area contributed by atoms with Crippen LogP contribution in [0.15, 0.2) is 83.6 Å². The zero-order chi connectivity index (χ0) is 33.6. The molecule has 47 heavy (non-hydrogen) atoms. The molecule has 0 saturated carbocycles. The van der Waals surface area contributed by atoms with Crippen LogP contribution >= 0.6 is 0 Å². The van der Waals surface area contributed by atoms with E-state index in [9.17, 15) is 14.4 Å². The van der Waals surface area contributed by atoms with Gasteiger partial charge in [-0.15, -0.1) is 6.58 Å². The molecule has 0 bridgehead atoms. The number of amides is 1. The molecule has 248 valence electrons. The van der Waals surface area contributed by atoms with Crippen molar-refractivity contribution < 1.29 is 23.9 Å². The third-order valence-corrected chi connectivity index (χ3v) is 9.83. The fourth-order valence-corrected chi connectivity index (χ4v) is 7.59. The van der Waals surface area contributed by atoms with Gasteiger partial charge in [0, 0.05) is 6.54 Å². The Morgan fingerprint density at radius 3 is 2.26 bits per heavy atom. The van der Waals surface area contributed by atoms with Gasteiger partial charge in [0.2, 0.25) is 5.91 Å². The van der Waals surface area contributed by atoms with E-state index in [0.717, 1.165) is 47.1 Å². The van der Waals surface area contributed by atoms with E-state index in [1.807, 2.05) is 74.5 Å². The highest BCUT2D eigenvalue weighted by Crippen LogP contribution is 2.65. The predicted molar refractivity (Wildman–Crippen MR) is 185 cm³/mol. The molecule has 2 unspecified atom stereocenters. The minimum absolute atomic E-state index is 0.0454. The number of nitrogens with one attached hydrogen (secondary N) is 1. The molecular weight excluding hydrogens is 590 g/mol. The Balaban J connectivity index is 1.41. The quantitative estimate of drug-likeness (QED) is 0.129. The molecule has 0 fully saturated rings. The minimum atomic E-state index is -1.17. The van der Waals surface area contributed by atoms with Crippen LogP contribution in [0.3, 0.4) is 0 Å². The summed E-state index contributed by atoms with van der Waals surface area (Å²) in [7, 11) is 2.61. The van der Waals surface area contributed by atoms with Crippen molar-refractivity contribution in [3.63, 3.8) is 0 Å². The number of nitrogens with zero attached hydrogens (tertiary/aromatic N) is 2. The van der Waals surface area contributed by atoms with Crippen LogP contribution in [-0.2, 0) is 35.7 Å². The van der Waals surface area contributed by atoms with Crippen molar-refractivity contribution in [2.45, 2.75) is 89.0 Å². The van der Waals surface area contributed by atoms with E-state index < -0.39 is 22.9 Å². The number of allylic oxidation sites excluding steroid dienone is 2. The van der Waals surface area contributed by atoms with Crippen LogP contribution in [0.1, 0.15) is 88.3 Å². The summed E-state index contributed by atoms with van der Waals surface area (Å²) in [6, 6.07) is 13.9. The van der Waals surface area contributed by atoms with E-state index in [0.29, 0.717) is 12.3 Å². The van der Waals surface area contributed by atoms with Crippen molar-refractivity contribution in [1.29, 1.82) is 0 Å². The first-order chi connectivity index (χ1) is 22.7. The lowest BCUT2D eigenvalue weighted by atomic mass is 9.61. The molecule has 5 rings (SSSR count).